The number of halogens is 2. The number of carbonyl (C=O) groups is 1. The lowest BCUT2D eigenvalue weighted by Gasteiger charge is -2.19. The van der Waals surface area contributed by atoms with E-state index in [0.717, 1.165) is 17.3 Å². The van der Waals surface area contributed by atoms with Crippen LogP contribution >= 0.6 is 35.0 Å². The lowest BCUT2D eigenvalue weighted by atomic mass is 10.2. The first-order valence-corrected chi connectivity index (χ1v) is 9.54. The Balaban J connectivity index is 1.66. The molecule has 0 aliphatic rings. The highest BCUT2D eigenvalue weighted by Gasteiger charge is 2.18. The minimum absolute atomic E-state index is 0.119. The van der Waals surface area contributed by atoms with Gasteiger partial charge < -0.3 is 14.1 Å². The van der Waals surface area contributed by atoms with Gasteiger partial charge in [0.25, 0.3) is 5.22 Å². The van der Waals surface area contributed by atoms with Gasteiger partial charge in [-0.1, -0.05) is 35.0 Å². The Morgan fingerprint density at radius 3 is 2.56 bits per heavy atom. The maximum Gasteiger partial charge on any atom is 0.277 e. The molecule has 0 saturated heterocycles. The van der Waals surface area contributed by atoms with Crippen LogP contribution in [-0.4, -0.2) is 36.0 Å². The average Bonchev–Trinajstić information content (AvgIpc) is 3.15. The zero-order chi connectivity index (χ0) is 19.4. The third-order valence-corrected chi connectivity index (χ3v) is 4.98. The number of aromatic nitrogens is 2. The standard InChI is InChI=1S/C18H15Cl2N3O3S/c1-23(14-9-13(20)7-8-15(14)25-2)16(24)10-27-18-22-21-17(26-18)11-3-5-12(19)6-4-11/h3-9H,10H2,1-2H3. The number of methoxy groups -OCH3 is 1. The zero-order valence-corrected chi connectivity index (χ0v) is 16.8. The fourth-order valence-corrected chi connectivity index (χ4v) is 3.23. The van der Waals surface area contributed by atoms with Crippen molar-refractivity contribution < 1.29 is 13.9 Å². The maximum atomic E-state index is 12.5. The molecule has 0 unspecified atom stereocenters. The van der Waals surface area contributed by atoms with Crippen LogP contribution in [0.4, 0.5) is 5.69 Å². The number of ether oxygens (including phenoxy) is 1. The molecule has 0 bridgehead atoms. The van der Waals surface area contributed by atoms with E-state index < -0.39 is 0 Å². The van der Waals surface area contributed by atoms with Crippen LogP contribution in [0.25, 0.3) is 11.5 Å². The van der Waals surface area contributed by atoms with E-state index in [-0.39, 0.29) is 11.7 Å². The molecule has 0 N–H and O–H groups in total. The van der Waals surface area contributed by atoms with Gasteiger partial charge in [0.15, 0.2) is 0 Å². The van der Waals surface area contributed by atoms with Crippen molar-refractivity contribution in [3.63, 3.8) is 0 Å². The lowest BCUT2D eigenvalue weighted by Crippen LogP contribution is -2.28. The van der Waals surface area contributed by atoms with Gasteiger partial charge in [-0.15, -0.1) is 10.2 Å². The van der Waals surface area contributed by atoms with Crippen molar-refractivity contribution in [3.05, 3.63) is 52.5 Å². The first-order valence-electron chi connectivity index (χ1n) is 7.80. The second kappa shape index (κ2) is 8.65. The molecule has 1 aromatic heterocycles. The van der Waals surface area contributed by atoms with E-state index >= 15 is 0 Å². The van der Waals surface area contributed by atoms with Crippen LogP contribution in [0, 0.1) is 0 Å². The molecule has 6 nitrogen and oxygen atoms in total. The highest BCUT2D eigenvalue weighted by atomic mass is 35.5. The van der Waals surface area contributed by atoms with Crippen molar-refractivity contribution in [2.45, 2.75) is 5.22 Å². The van der Waals surface area contributed by atoms with Gasteiger partial charge in [-0.3, -0.25) is 4.79 Å². The third kappa shape index (κ3) is 4.74. The highest BCUT2D eigenvalue weighted by Crippen LogP contribution is 2.31. The molecule has 9 heteroatoms. The van der Waals surface area contributed by atoms with Gasteiger partial charge >= 0.3 is 0 Å². The Kier molecular flexibility index (Phi) is 6.26. The fraction of sp³-hybridized carbons (Fsp3) is 0.167. The molecule has 0 aliphatic carbocycles. The molecule has 27 heavy (non-hydrogen) atoms. The van der Waals surface area contributed by atoms with Crippen molar-refractivity contribution in [2.24, 2.45) is 0 Å². The van der Waals surface area contributed by atoms with E-state index in [0.29, 0.717) is 32.6 Å². The molecule has 0 aliphatic heterocycles. The monoisotopic (exact) mass is 423 g/mol. The molecule has 0 spiro atoms. The topological polar surface area (TPSA) is 68.5 Å². The summed E-state index contributed by atoms with van der Waals surface area (Å²) >= 11 is 13.1. The van der Waals surface area contributed by atoms with Crippen LogP contribution in [0.5, 0.6) is 5.75 Å². The zero-order valence-electron chi connectivity index (χ0n) is 14.5. The summed E-state index contributed by atoms with van der Waals surface area (Å²) in [5.74, 6) is 0.885. The number of nitrogens with zero attached hydrogens (tertiary/aromatic N) is 3. The van der Waals surface area contributed by atoms with Crippen LogP contribution < -0.4 is 9.64 Å². The Morgan fingerprint density at radius 2 is 1.85 bits per heavy atom. The summed E-state index contributed by atoms with van der Waals surface area (Å²) in [6, 6.07) is 12.1. The normalized spacial score (nSPS) is 10.7. The van der Waals surface area contributed by atoms with Crippen LogP contribution in [0.2, 0.25) is 10.0 Å². The predicted octanol–water partition coefficient (Wildman–Crippen LogP) is 4.81. The van der Waals surface area contributed by atoms with Gasteiger partial charge in [-0.2, -0.15) is 0 Å². The number of rotatable bonds is 6. The summed E-state index contributed by atoms with van der Waals surface area (Å²) in [4.78, 5) is 14.0. The van der Waals surface area contributed by atoms with Crippen molar-refractivity contribution >= 4 is 46.6 Å². The number of hydrogen-bond acceptors (Lipinski definition) is 6. The van der Waals surface area contributed by atoms with Crippen molar-refractivity contribution in [3.8, 4) is 17.2 Å². The molecule has 2 aromatic carbocycles. The van der Waals surface area contributed by atoms with Crippen LogP contribution in [0.15, 0.2) is 52.1 Å². The summed E-state index contributed by atoms with van der Waals surface area (Å²) in [6.45, 7) is 0. The quantitative estimate of drug-likeness (QED) is 0.530. The van der Waals surface area contributed by atoms with Crippen LogP contribution in [0.3, 0.4) is 0 Å². The Labute approximate surface area is 170 Å². The molecule has 0 atom stereocenters. The molecule has 1 amide bonds. The van der Waals surface area contributed by atoms with Crippen LogP contribution in [0.1, 0.15) is 0 Å². The largest absolute Gasteiger partial charge is 0.495 e. The fourth-order valence-electron chi connectivity index (χ4n) is 2.26. The van der Waals surface area contributed by atoms with Gasteiger partial charge in [0.2, 0.25) is 11.8 Å². The lowest BCUT2D eigenvalue weighted by molar-refractivity contribution is -0.115. The molecular weight excluding hydrogens is 409 g/mol. The molecule has 1 heterocycles. The van der Waals surface area contributed by atoms with Gasteiger partial charge in [0, 0.05) is 22.7 Å². The number of amides is 1. The number of anilines is 1. The van der Waals surface area contributed by atoms with Gasteiger partial charge in [-0.25, -0.2) is 0 Å². The first-order chi connectivity index (χ1) is 13.0. The molecule has 3 rings (SSSR count). The molecule has 0 radical (unpaired) electrons. The smallest absolute Gasteiger partial charge is 0.277 e. The molecule has 3 aromatic rings. The van der Waals surface area contributed by atoms with Gasteiger partial charge in [0.1, 0.15) is 5.75 Å². The Morgan fingerprint density at radius 1 is 1.15 bits per heavy atom. The minimum atomic E-state index is -0.160. The third-order valence-electron chi connectivity index (χ3n) is 3.69. The average molecular weight is 424 g/mol. The summed E-state index contributed by atoms with van der Waals surface area (Å²) in [5, 5.41) is 9.40. The molecular formula is C18H15Cl2N3O3S. The SMILES string of the molecule is COc1ccc(Cl)cc1N(C)C(=O)CSc1nnc(-c2ccc(Cl)cc2)o1. The van der Waals surface area contributed by atoms with Crippen LogP contribution in [-0.2, 0) is 4.79 Å². The van der Waals surface area contributed by atoms with E-state index in [1.54, 1.807) is 49.5 Å². The maximum absolute atomic E-state index is 12.5. The predicted molar refractivity (Wildman–Crippen MR) is 107 cm³/mol. The van der Waals surface area contributed by atoms with E-state index in [2.05, 4.69) is 10.2 Å². The number of carbonyl (C=O) groups excluding carboxylic acids is 1. The second-order valence-electron chi connectivity index (χ2n) is 5.44. The highest BCUT2D eigenvalue weighted by molar-refractivity contribution is 7.99. The van der Waals surface area contributed by atoms with Crippen molar-refractivity contribution in [1.29, 1.82) is 0 Å². The summed E-state index contributed by atoms with van der Waals surface area (Å²) in [7, 11) is 3.20. The van der Waals surface area contributed by atoms with E-state index in [1.807, 2.05) is 0 Å². The first kappa shape index (κ1) is 19.5. The van der Waals surface area contributed by atoms with E-state index in [4.69, 9.17) is 32.4 Å². The number of benzene rings is 2. The molecule has 140 valence electrons. The summed E-state index contributed by atoms with van der Waals surface area (Å²) in [5.41, 5.74) is 1.34. The summed E-state index contributed by atoms with van der Waals surface area (Å²) in [6.07, 6.45) is 0. The Hall–Kier alpha value is -2.22. The Bertz CT molecular complexity index is 947. The second-order valence-corrected chi connectivity index (χ2v) is 7.24. The van der Waals surface area contributed by atoms with Gasteiger partial charge in [-0.05, 0) is 42.5 Å². The number of thioether (sulfide) groups is 1. The molecule has 0 saturated carbocycles. The minimum Gasteiger partial charge on any atom is -0.495 e. The summed E-state index contributed by atoms with van der Waals surface area (Å²) < 4.78 is 10.9. The van der Waals surface area contributed by atoms with Crippen molar-refractivity contribution in [1.82, 2.24) is 10.2 Å². The van der Waals surface area contributed by atoms with Crippen molar-refractivity contribution in [2.75, 3.05) is 24.8 Å². The van der Waals surface area contributed by atoms with E-state index in [9.17, 15) is 4.79 Å². The van der Waals surface area contributed by atoms with Gasteiger partial charge in [0.05, 0.1) is 18.6 Å². The number of hydrogen-bond donors (Lipinski definition) is 0. The van der Waals surface area contributed by atoms with E-state index in [1.165, 1.54) is 12.0 Å². The molecule has 0 fully saturated rings.